The van der Waals surface area contributed by atoms with Crippen molar-refractivity contribution in [2.24, 2.45) is 0 Å². The van der Waals surface area contributed by atoms with Crippen LogP contribution in [0.3, 0.4) is 0 Å². The highest BCUT2D eigenvalue weighted by Gasteiger charge is 2.32. The fourth-order valence-electron chi connectivity index (χ4n) is 1.36. The first-order valence-corrected chi connectivity index (χ1v) is 5.72. The molecule has 1 atom stereocenters. The second kappa shape index (κ2) is 5.77. The van der Waals surface area contributed by atoms with Gasteiger partial charge in [0, 0.05) is 6.61 Å². The molecule has 0 spiro atoms. The van der Waals surface area contributed by atoms with E-state index >= 15 is 0 Å². The Labute approximate surface area is 100 Å². The van der Waals surface area contributed by atoms with Crippen LogP contribution in [0.2, 0.25) is 0 Å². The van der Waals surface area contributed by atoms with Crippen molar-refractivity contribution in [1.82, 2.24) is 10.1 Å². The predicted molar refractivity (Wildman–Crippen MR) is 59.5 cm³/mol. The van der Waals surface area contributed by atoms with Crippen molar-refractivity contribution in [2.45, 2.75) is 39.7 Å². The van der Waals surface area contributed by atoms with Crippen molar-refractivity contribution in [1.29, 1.82) is 0 Å². The maximum Gasteiger partial charge on any atom is 0.397 e. The summed E-state index contributed by atoms with van der Waals surface area (Å²) in [6.45, 7) is 8.22. The molecule has 0 radical (unpaired) electrons. The number of hydrogen-bond donors (Lipinski definition) is 0. The number of hydrogen-bond acceptors (Lipinski definition) is 6. The molecule has 0 fully saturated rings. The van der Waals surface area contributed by atoms with Crippen molar-refractivity contribution in [2.75, 3.05) is 13.2 Å². The second-order valence-corrected chi connectivity index (χ2v) is 3.66. The molecule has 1 aromatic rings. The lowest BCUT2D eigenvalue weighted by Crippen LogP contribution is -2.26. The average molecular weight is 242 g/mol. The molecule has 6 nitrogen and oxygen atoms in total. The first-order valence-electron chi connectivity index (χ1n) is 5.72. The van der Waals surface area contributed by atoms with E-state index in [0.29, 0.717) is 18.9 Å². The number of carbonyl (C=O) groups excluding carboxylic acids is 1. The molecule has 0 N–H and O–H groups in total. The lowest BCUT2D eigenvalue weighted by Gasteiger charge is -2.23. The largest absolute Gasteiger partial charge is 0.459 e. The molecule has 0 saturated carbocycles. The zero-order valence-corrected chi connectivity index (χ0v) is 10.6. The lowest BCUT2D eigenvalue weighted by atomic mass is 10.0. The number of rotatable bonds is 6. The molecule has 1 aromatic heterocycles. The van der Waals surface area contributed by atoms with Gasteiger partial charge in [-0.1, -0.05) is 12.1 Å². The lowest BCUT2D eigenvalue weighted by molar-refractivity contribution is -0.0403. The summed E-state index contributed by atoms with van der Waals surface area (Å²) in [5.41, 5.74) is -0.636. The van der Waals surface area contributed by atoms with Crippen LogP contribution in [0.4, 0.5) is 0 Å². The molecule has 6 heteroatoms. The first-order chi connectivity index (χ1) is 8.07. The molecule has 0 aromatic carbocycles. The number of carbonyl (C=O) groups is 1. The van der Waals surface area contributed by atoms with E-state index in [-0.39, 0.29) is 12.5 Å². The summed E-state index contributed by atoms with van der Waals surface area (Å²) < 4.78 is 15.2. The van der Waals surface area contributed by atoms with Crippen LogP contribution in [0, 0.1) is 0 Å². The molecule has 0 aliphatic rings. The van der Waals surface area contributed by atoms with Gasteiger partial charge < -0.3 is 14.0 Å². The summed E-state index contributed by atoms with van der Waals surface area (Å²) in [7, 11) is 0. The minimum Gasteiger partial charge on any atom is -0.459 e. The summed E-state index contributed by atoms with van der Waals surface area (Å²) >= 11 is 0. The number of esters is 1. The van der Waals surface area contributed by atoms with Gasteiger partial charge in [0.2, 0.25) is 5.82 Å². The molecule has 0 aliphatic carbocycles. The maximum atomic E-state index is 11.4. The third-order valence-corrected chi connectivity index (χ3v) is 2.49. The number of aromatic nitrogens is 2. The van der Waals surface area contributed by atoms with Gasteiger partial charge in [-0.2, -0.15) is 4.98 Å². The summed E-state index contributed by atoms with van der Waals surface area (Å²) in [6, 6.07) is 0. The Morgan fingerprint density at radius 1 is 1.35 bits per heavy atom. The zero-order chi connectivity index (χ0) is 12.9. The SMILES string of the molecule is CCOC(=O)c1nc(C(C)(CC)OCC)no1. The van der Waals surface area contributed by atoms with E-state index < -0.39 is 11.6 Å². The molecular weight excluding hydrogens is 224 g/mol. The minimum absolute atomic E-state index is 0.138. The van der Waals surface area contributed by atoms with E-state index in [1.165, 1.54) is 0 Å². The molecule has 1 heterocycles. The Bertz CT molecular complexity index is 377. The smallest absolute Gasteiger partial charge is 0.397 e. The Morgan fingerprint density at radius 2 is 2.06 bits per heavy atom. The van der Waals surface area contributed by atoms with Gasteiger partial charge in [0.15, 0.2) is 0 Å². The first kappa shape index (κ1) is 13.6. The van der Waals surface area contributed by atoms with Crippen LogP contribution in [0.5, 0.6) is 0 Å². The van der Waals surface area contributed by atoms with E-state index in [4.69, 9.17) is 14.0 Å². The summed E-state index contributed by atoms with van der Waals surface area (Å²) in [5.74, 6) is -0.382. The van der Waals surface area contributed by atoms with Gasteiger partial charge in [-0.25, -0.2) is 4.79 Å². The van der Waals surface area contributed by atoms with Crippen molar-refractivity contribution in [3.63, 3.8) is 0 Å². The van der Waals surface area contributed by atoms with E-state index in [1.54, 1.807) is 6.92 Å². The van der Waals surface area contributed by atoms with Crippen LogP contribution in [-0.2, 0) is 15.1 Å². The van der Waals surface area contributed by atoms with Crippen molar-refractivity contribution >= 4 is 5.97 Å². The summed E-state index contributed by atoms with van der Waals surface area (Å²) in [4.78, 5) is 15.4. The van der Waals surface area contributed by atoms with Gasteiger partial charge in [0.25, 0.3) is 0 Å². The van der Waals surface area contributed by atoms with Crippen LogP contribution >= 0.6 is 0 Å². The second-order valence-electron chi connectivity index (χ2n) is 3.66. The van der Waals surface area contributed by atoms with Crippen LogP contribution in [-0.4, -0.2) is 29.3 Å². The third kappa shape index (κ3) is 3.03. The van der Waals surface area contributed by atoms with Gasteiger partial charge >= 0.3 is 11.9 Å². The third-order valence-electron chi connectivity index (χ3n) is 2.49. The Kier molecular flexibility index (Phi) is 4.62. The minimum atomic E-state index is -0.636. The Morgan fingerprint density at radius 3 is 2.59 bits per heavy atom. The van der Waals surface area contributed by atoms with Crippen LogP contribution in [0.1, 0.15) is 50.6 Å². The molecule has 17 heavy (non-hydrogen) atoms. The normalized spacial score (nSPS) is 14.4. The molecule has 96 valence electrons. The standard InChI is InChI=1S/C11H18N2O4/c1-5-11(4,16-7-3)10-12-8(17-13-10)9(14)15-6-2/h5-7H2,1-4H3. The summed E-state index contributed by atoms with van der Waals surface area (Å²) in [5, 5.41) is 3.77. The van der Waals surface area contributed by atoms with E-state index in [9.17, 15) is 4.79 Å². The van der Waals surface area contributed by atoms with Gasteiger partial charge in [0.1, 0.15) is 5.60 Å². The average Bonchev–Trinajstić information content (AvgIpc) is 2.79. The maximum absolute atomic E-state index is 11.4. The molecule has 0 bridgehead atoms. The molecule has 1 unspecified atom stereocenters. The quantitative estimate of drug-likeness (QED) is 0.709. The highest BCUT2D eigenvalue weighted by atomic mass is 16.6. The molecule has 1 rings (SSSR count). The Hall–Kier alpha value is -1.43. The van der Waals surface area contributed by atoms with Crippen LogP contribution < -0.4 is 0 Å². The zero-order valence-electron chi connectivity index (χ0n) is 10.6. The van der Waals surface area contributed by atoms with Gasteiger partial charge in [-0.3, -0.25) is 0 Å². The van der Waals surface area contributed by atoms with Crippen molar-refractivity contribution < 1.29 is 18.8 Å². The highest BCUT2D eigenvalue weighted by Crippen LogP contribution is 2.26. The van der Waals surface area contributed by atoms with Crippen molar-refractivity contribution in [3.05, 3.63) is 11.7 Å². The van der Waals surface area contributed by atoms with Gasteiger partial charge in [-0.15, -0.1) is 0 Å². The van der Waals surface area contributed by atoms with Gasteiger partial charge in [-0.05, 0) is 27.2 Å². The Balaban J connectivity index is 2.89. The molecule has 0 saturated heterocycles. The van der Waals surface area contributed by atoms with Crippen LogP contribution in [0.15, 0.2) is 4.52 Å². The topological polar surface area (TPSA) is 74.5 Å². The monoisotopic (exact) mass is 242 g/mol. The molecule has 0 amide bonds. The van der Waals surface area contributed by atoms with E-state index in [1.807, 2.05) is 20.8 Å². The summed E-state index contributed by atoms with van der Waals surface area (Å²) in [6.07, 6.45) is 0.683. The number of ether oxygens (including phenoxy) is 2. The highest BCUT2D eigenvalue weighted by molar-refractivity contribution is 5.83. The predicted octanol–water partition coefficient (Wildman–Crippen LogP) is 1.91. The molecule has 0 aliphatic heterocycles. The number of nitrogens with zero attached hydrogens (tertiary/aromatic N) is 2. The van der Waals surface area contributed by atoms with Crippen LogP contribution in [0.25, 0.3) is 0 Å². The van der Waals surface area contributed by atoms with Crippen molar-refractivity contribution in [3.8, 4) is 0 Å². The fourth-order valence-corrected chi connectivity index (χ4v) is 1.36. The molecular formula is C11H18N2O4. The fraction of sp³-hybridized carbons (Fsp3) is 0.727. The van der Waals surface area contributed by atoms with Gasteiger partial charge in [0.05, 0.1) is 6.61 Å². The van der Waals surface area contributed by atoms with E-state index in [2.05, 4.69) is 10.1 Å². The van der Waals surface area contributed by atoms with E-state index in [0.717, 1.165) is 0 Å².